The number of rotatable bonds is 5. The first-order valence-corrected chi connectivity index (χ1v) is 10.00. The molecular weight excluding hydrogens is 424 g/mol. The minimum Gasteiger partial charge on any atom is -1.00 e. The summed E-state index contributed by atoms with van der Waals surface area (Å²) in [5.41, 5.74) is 6.04. The lowest BCUT2D eigenvalue weighted by Gasteiger charge is -2.11. The highest BCUT2D eigenvalue weighted by atomic mass is 35.5. The monoisotopic (exact) mass is 446 g/mol. The maximum absolute atomic E-state index is 5.23. The number of ether oxygens (including phenoxy) is 1. The summed E-state index contributed by atoms with van der Waals surface area (Å²) >= 11 is 0. The third-order valence-electron chi connectivity index (χ3n) is 5.33. The van der Waals surface area contributed by atoms with Crippen LogP contribution in [0.4, 0.5) is 5.69 Å². The number of anilines is 1. The maximum atomic E-state index is 5.23. The van der Waals surface area contributed by atoms with Crippen LogP contribution in [-0.2, 0) is 0 Å². The number of hydrogen-bond acceptors (Lipinski definition) is 4. The molecule has 0 unspecified atom stereocenters. The van der Waals surface area contributed by atoms with Crippen LogP contribution in [0.15, 0.2) is 85.5 Å². The van der Waals surface area contributed by atoms with E-state index >= 15 is 0 Å². The predicted molar refractivity (Wildman–Crippen MR) is 120 cm³/mol. The molecule has 7 nitrogen and oxygen atoms in total. The lowest BCUT2D eigenvalue weighted by molar-refractivity contribution is -0.594. The Balaban J connectivity index is 0.00000245. The molecular formula is C24H23ClN6O. The Morgan fingerprint density at radius 1 is 0.938 bits per heavy atom. The van der Waals surface area contributed by atoms with Gasteiger partial charge in [0, 0.05) is 19.8 Å². The normalized spacial score (nSPS) is 10.7. The third kappa shape index (κ3) is 3.90. The summed E-state index contributed by atoms with van der Waals surface area (Å²) in [6.45, 7) is 0. The molecule has 0 atom stereocenters. The molecule has 0 aliphatic rings. The molecule has 8 heteroatoms. The molecule has 0 aliphatic carbocycles. The van der Waals surface area contributed by atoms with E-state index in [1.165, 1.54) is 5.69 Å². The Morgan fingerprint density at radius 3 is 2.38 bits per heavy atom. The molecule has 162 valence electrons. The zero-order valence-electron chi connectivity index (χ0n) is 18.1. The van der Waals surface area contributed by atoms with E-state index in [2.05, 4.69) is 73.1 Å². The minimum absolute atomic E-state index is 0. The van der Waals surface area contributed by atoms with Gasteiger partial charge in [0.2, 0.25) is 0 Å². The lowest BCUT2D eigenvalue weighted by Crippen LogP contribution is -3.00. The molecule has 3 heterocycles. The Morgan fingerprint density at radius 2 is 1.69 bits per heavy atom. The predicted octanol–water partition coefficient (Wildman–Crippen LogP) is 0.542. The number of pyridine rings is 1. The highest BCUT2D eigenvalue weighted by Crippen LogP contribution is 2.21. The second kappa shape index (κ2) is 8.72. The molecule has 3 aromatic heterocycles. The van der Waals surface area contributed by atoms with Crippen LogP contribution in [0.1, 0.15) is 0 Å². The first kappa shape index (κ1) is 21.4. The summed E-state index contributed by atoms with van der Waals surface area (Å²) in [7, 11) is 5.74. The van der Waals surface area contributed by atoms with Gasteiger partial charge >= 0.3 is 0 Å². The van der Waals surface area contributed by atoms with Crippen molar-refractivity contribution in [2.75, 3.05) is 26.1 Å². The number of methoxy groups -OCH3 is 1. The van der Waals surface area contributed by atoms with Crippen molar-refractivity contribution < 1.29 is 21.7 Å². The number of aromatic nitrogens is 5. The van der Waals surface area contributed by atoms with E-state index in [1.807, 2.05) is 50.6 Å². The van der Waals surface area contributed by atoms with Crippen molar-refractivity contribution in [3.63, 3.8) is 0 Å². The number of halogens is 1. The summed E-state index contributed by atoms with van der Waals surface area (Å²) in [6.07, 6.45) is 6.12. The average molecular weight is 447 g/mol. The van der Waals surface area contributed by atoms with Crippen LogP contribution in [0, 0.1) is 0 Å². The fourth-order valence-electron chi connectivity index (χ4n) is 3.59. The molecule has 0 N–H and O–H groups in total. The second-order valence-electron chi connectivity index (χ2n) is 7.51. The molecule has 0 radical (unpaired) electrons. The minimum atomic E-state index is 0. The van der Waals surface area contributed by atoms with Gasteiger partial charge in [-0.1, -0.05) is 11.3 Å². The summed E-state index contributed by atoms with van der Waals surface area (Å²) in [6, 6.07) is 22.4. The van der Waals surface area contributed by atoms with Crippen LogP contribution in [0.25, 0.3) is 28.3 Å². The lowest BCUT2D eigenvalue weighted by atomic mass is 10.2. The van der Waals surface area contributed by atoms with Gasteiger partial charge in [0.15, 0.2) is 16.9 Å². The third-order valence-corrected chi connectivity index (χ3v) is 5.33. The van der Waals surface area contributed by atoms with E-state index in [0.717, 1.165) is 34.0 Å². The average Bonchev–Trinajstić information content (AvgIpc) is 3.46. The number of hydrogen-bond donors (Lipinski definition) is 0. The zero-order valence-corrected chi connectivity index (χ0v) is 18.8. The first-order chi connectivity index (χ1) is 15.1. The topological polar surface area (TPSA) is 51.5 Å². The molecule has 0 bridgehead atoms. The van der Waals surface area contributed by atoms with Gasteiger partial charge in [0.05, 0.1) is 19.0 Å². The van der Waals surface area contributed by atoms with Gasteiger partial charge in [0.1, 0.15) is 17.6 Å². The van der Waals surface area contributed by atoms with Crippen LogP contribution >= 0.6 is 0 Å². The highest BCUT2D eigenvalue weighted by molar-refractivity contribution is 5.60. The van der Waals surface area contributed by atoms with Crippen molar-refractivity contribution in [1.29, 1.82) is 0 Å². The van der Waals surface area contributed by atoms with E-state index in [-0.39, 0.29) is 12.4 Å². The summed E-state index contributed by atoms with van der Waals surface area (Å²) in [4.78, 5) is 2.09. The molecule has 0 saturated carbocycles. The fourth-order valence-corrected chi connectivity index (χ4v) is 3.59. The summed E-state index contributed by atoms with van der Waals surface area (Å²) in [5, 5.41) is 8.73. The van der Waals surface area contributed by atoms with Crippen molar-refractivity contribution in [1.82, 2.24) is 19.4 Å². The van der Waals surface area contributed by atoms with Gasteiger partial charge in [-0.3, -0.25) is 0 Å². The number of fused-ring (bicyclic) bond motifs is 1. The van der Waals surface area contributed by atoms with Crippen LogP contribution in [0.2, 0.25) is 0 Å². The molecule has 0 saturated heterocycles. The summed E-state index contributed by atoms with van der Waals surface area (Å²) in [5.74, 6) is 0.810. The molecule has 5 rings (SSSR count). The van der Waals surface area contributed by atoms with E-state index < -0.39 is 0 Å². The van der Waals surface area contributed by atoms with Crippen LogP contribution in [-0.4, -0.2) is 40.6 Å². The number of nitrogens with zero attached hydrogens (tertiary/aromatic N) is 6. The fraction of sp³-hybridized carbons (Fsp3) is 0.125. The molecule has 32 heavy (non-hydrogen) atoms. The Hall–Kier alpha value is -3.84. The largest absolute Gasteiger partial charge is 1.00 e. The molecule has 2 aromatic carbocycles. The zero-order chi connectivity index (χ0) is 21.4. The first-order valence-electron chi connectivity index (χ1n) is 10.00. The molecule has 0 aliphatic heterocycles. The molecule has 0 amide bonds. The number of imidazole rings is 1. The maximum Gasteiger partial charge on any atom is 0.254 e. The van der Waals surface area contributed by atoms with Gasteiger partial charge in [-0.15, -0.1) is 5.10 Å². The Labute approximate surface area is 192 Å². The smallest absolute Gasteiger partial charge is 0.254 e. The molecule has 0 spiro atoms. The van der Waals surface area contributed by atoms with Gasteiger partial charge < -0.3 is 22.0 Å². The van der Waals surface area contributed by atoms with E-state index in [9.17, 15) is 0 Å². The molecule has 5 aromatic rings. The highest BCUT2D eigenvalue weighted by Gasteiger charge is 2.17. The van der Waals surface area contributed by atoms with E-state index in [0.29, 0.717) is 0 Å². The van der Waals surface area contributed by atoms with Gasteiger partial charge in [0.25, 0.3) is 6.33 Å². The van der Waals surface area contributed by atoms with Crippen molar-refractivity contribution in [2.45, 2.75) is 0 Å². The van der Waals surface area contributed by atoms with E-state index in [1.54, 1.807) is 11.8 Å². The van der Waals surface area contributed by atoms with Gasteiger partial charge in [-0.25, -0.2) is 9.25 Å². The van der Waals surface area contributed by atoms with Crippen molar-refractivity contribution in [3.05, 3.63) is 85.5 Å². The van der Waals surface area contributed by atoms with Crippen molar-refractivity contribution in [3.8, 4) is 28.5 Å². The Bertz CT molecular complexity index is 1340. The molecule has 0 fully saturated rings. The van der Waals surface area contributed by atoms with Crippen molar-refractivity contribution >= 4 is 11.2 Å². The van der Waals surface area contributed by atoms with E-state index in [4.69, 9.17) is 4.74 Å². The quantitative estimate of drug-likeness (QED) is 0.370. The van der Waals surface area contributed by atoms with Gasteiger partial charge in [-0.05, 0) is 60.7 Å². The number of benzene rings is 2. The van der Waals surface area contributed by atoms with Crippen LogP contribution < -0.4 is 26.6 Å². The van der Waals surface area contributed by atoms with Gasteiger partial charge in [-0.2, -0.15) is 4.40 Å². The van der Waals surface area contributed by atoms with Crippen LogP contribution in [0.3, 0.4) is 0 Å². The second-order valence-corrected chi connectivity index (χ2v) is 7.51. The Kier molecular flexibility index (Phi) is 5.83. The standard InChI is InChI=1S/C24H23N6O.ClH/c1-27(2)18-7-9-19(10-8-18)28-15-21-5-4-6-24(29(21)17-28)23-16-30(26-25-23)20-11-13-22(31-3)14-12-20;/h4-17H,1-3H3;1H/q+1;/p-1. The summed E-state index contributed by atoms with van der Waals surface area (Å²) < 4.78 is 11.2. The van der Waals surface area contributed by atoms with Crippen LogP contribution in [0.5, 0.6) is 5.75 Å². The SMILES string of the molecule is COc1ccc(-n2cc(-c3cccc4c[n+](-c5ccc(N(C)C)cc5)cn34)nn2)cc1.[Cl-]. The van der Waals surface area contributed by atoms with Crippen molar-refractivity contribution in [2.24, 2.45) is 0 Å².